The predicted molar refractivity (Wildman–Crippen MR) is 63.7 cm³/mol. The van der Waals surface area contributed by atoms with Crippen LogP contribution in [0, 0.1) is 0 Å². The normalized spacial score (nSPS) is 13.4. The van der Waals surface area contributed by atoms with Gasteiger partial charge in [0, 0.05) is 16.6 Å². The zero-order valence-electron chi connectivity index (χ0n) is 8.40. The average molecular weight is 284 g/mol. The van der Waals surface area contributed by atoms with Gasteiger partial charge in [-0.05, 0) is 6.07 Å². The molecule has 5 heteroatoms. The molecule has 1 aromatic carbocycles. The Kier molecular flexibility index (Phi) is 3.26. The van der Waals surface area contributed by atoms with E-state index in [0.29, 0.717) is 23.6 Å². The van der Waals surface area contributed by atoms with Crippen LogP contribution in [0.5, 0.6) is 11.5 Å². The van der Waals surface area contributed by atoms with Gasteiger partial charge in [-0.1, -0.05) is 28.1 Å². The van der Waals surface area contributed by atoms with Crippen LogP contribution in [0.2, 0.25) is 0 Å². The first-order valence-corrected chi connectivity index (χ1v) is 5.51. The maximum absolute atomic E-state index is 10.8. The third kappa shape index (κ3) is 1.83. The van der Waals surface area contributed by atoms with Crippen molar-refractivity contribution in [2.45, 2.75) is 0 Å². The van der Waals surface area contributed by atoms with E-state index in [0.717, 1.165) is 16.3 Å². The van der Waals surface area contributed by atoms with Crippen LogP contribution >= 0.6 is 15.9 Å². The lowest BCUT2D eigenvalue weighted by Gasteiger charge is -2.06. The number of fused-ring (bicyclic) bond motifs is 1. The molecule has 0 amide bonds. The average Bonchev–Trinajstić information content (AvgIpc) is 2.76. The molecule has 0 aliphatic carbocycles. The summed E-state index contributed by atoms with van der Waals surface area (Å²) in [7, 11) is 0. The SMILES string of the molecule is NC/C=C/c1c(Br)cc(C=O)c2c1OCO2. The van der Waals surface area contributed by atoms with Crippen molar-refractivity contribution in [2.75, 3.05) is 13.3 Å². The molecule has 1 aromatic rings. The van der Waals surface area contributed by atoms with Crippen molar-refractivity contribution in [3.05, 3.63) is 27.7 Å². The fourth-order valence-electron chi connectivity index (χ4n) is 1.51. The van der Waals surface area contributed by atoms with Crippen LogP contribution < -0.4 is 15.2 Å². The molecule has 84 valence electrons. The number of halogens is 1. The van der Waals surface area contributed by atoms with E-state index in [1.807, 2.05) is 12.2 Å². The van der Waals surface area contributed by atoms with Crippen LogP contribution in [0.25, 0.3) is 6.08 Å². The first-order valence-electron chi connectivity index (χ1n) is 4.71. The van der Waals surface area contributed by atoms with Gasteiger partial charge in [-0.25, -0.2) is 0 Å². The number of aldehydes is 1. The van der Waals surface area contributed by atoms with E-state index in [1.165, 1.54) is 0 Å². The van der Waals surface area contributed by atoms with Gasteiger partial charge in [0.2, 0.25) is 6.79 Å². The number of benzene rings is 1. The molecular weight excluding hydrogens is 274 g/mol. The van der Waals surface area contributed by atoms with Crippen molar-refractivity contribution in [3.8, 4) is 11.5 Å². The highest BCUT2D eigenvalue weighted by Crippen LogP contribution is 2.42. The Morgan fingerprint density at radius 3 is 2.88 bits per heavy atom. The summed E-state index contributed by atoms with van der Waals surface area (Å²) in [4.78, 5) is 10.8. The molecule has 16 heavy (non-hydrogen) atoms. The second-order valence-electron chi connectivity index (χ2n) is 3.18. The highest BCUT2D eigenvalue weighted by molar-refractivity contribution is 9.10. The van der Waals surface area contributed by atoms with Crippen molar-refractivity contribution in [2.24, 2.45) is 5.73 Å². The van der Waals surface area contributed by atoms with Gasteiger partial charge in [0.05, 0.1) is 5.56 Å². The highest BCUT2D eigenvalue weighted by atomic mass is 79.9. The van der Waals surface area contributed by atoms with Gasteiger partial charge < -0.3 is 15.2 Å². The molecule has 0 spiro atoms. The summed E-state index contributed by atoms with van der Waals surface area (Å²) in [6.45, 7) is 0.577. The van der Waals surface area contributed by atoms with Gasteiger partial charge in [0.1, 0.15) is 0 Å². The van der Waals surface area contributed by atoms with Gasteiger partial charge in [-0.15, -0.1) is 0 Å². The summed E-state index contributed by atoms with van der Waals surface area (Å²) in [6, 6.07) is 1.71. The van der Waals surface area contributed by atoms with Crippen LogP contribution in [0.1, 0.15) is 15.9 Å². The predicted octanol–water partition coefficient (Wildman–Crippen LogP) is 1.96. The van der Waals surface area contributed by atoms with E-state index in [1.54, 1.807) is 6.07 Å². The Hall–Kier alpha value is -1.33. The van der Waals surface area contributed by atoms with Crippen molar-refractivity contribution >= 4 is 28.3 Å². The molecule has 0 saturated heterocycles. The highest BCUT2D eigenvalue weighted by Gasteiger charge is 2.22. The fraction of sp³-hybridized carbons (Fsp3) is 0.182. The Balaban J connectivity index is 2.58. The van der Waals surface area contributed by atoms with Gasteiger partial charge in [0.25, 0.3) is 0 Å². The fourth-order valence-corrected chi connectivity index (χ4v) is 2.07. The van der Waals surface area contributed by atoms with E-state index in [9.17, 15) is 4.79 Å². The summed E-state index contributed by atoms with van der Waals surface area (Å²) in [5, 5.41) is 0. The van der Waals surface area contributed by atoms with E-state index >= 15 is 0 Å². The zero-order valence-corrected chi connectivity index (χ0v) is 9.99. The van der Waals surface area contributed by atoms with Crippen molar-refractivity contribution in [1.82, 2.24) is 0 Å². The molecule has 0 fully saturated rings. The maximum Gasteiger partial charge on any atom is 0.231 e. The van der Waals surface area contributed by atoms with Crippen LogP contribution in [-0.2, 0) is 0 Å². The molecule has 2 rings (SSSR count). The summed E-state index contributed by atoms with van der Waals surface area (Å²) in [5.41, 5.74) is 6.71. The third-order valence-electron chi connectivity index (χ3n) is 2.21. The Morgan fingerprint density at radius 1 is 1.44 bits per heavy atom. The number of hydrogen-bond acceptors (Lipinski definition) is 4. The molecule has 0 atom stereocenters. The standard InChI is InChI=1S/C11H10BrNO3/c12-9-4-7(5-14)10-11(16-6-15-10)8(9)2-1-3-13/h1-2,4-5H,3,6,13H2/b2-1+. The molecule has 0 radical (unpaired) electrons. The molecule has 1 aliphatic rings. The van der Waals surface area contributed by atoms with E-state index in [4.69, 9.17) is 15.2 Å². The first kappa shape index (κ1) is 11.2. The van der Waals surface area contributed by atoms with E-state index in [-0.39, 0.29) is 6.79 Å². The second kappa shape index (κ2) is 4.67. The molecule has 1 aliphatic heterocycles. The summed E-state index contributed by atoms with van der Waals surface area (Å²) in [5.74, 6) is 1.08. The largest absolute Gasteiger partial charge is 0.453 e. The third-order valence-corrected chi connectivity index (χ3v) is 2.86. The van der Waals surface area contributed by atoms with Crippen molar-refractivity contribution in [1.29, 1.82) is 0 Å². The quantitative estimate of drug-likeness (QED) is 0.862. The van der Waals surface area contributed by atoms with E-state index < -0.39 is 0 Å². The zero-order chi connectivity index (χ0) is 11.5. The summed E-state index contributed by atoms with van der Waals surface area (Å²) in [6.07, 6.45) is 4.39. The summed E-state index contributed by atoms with van der Waals surface area (Å²) >= 11 is 3.39. The minimum Gasteiger partial charge on any atom is -0.453 e. The monoisotopic (exact) mass is 283 g/mol. The Bertz CT molecular complexity index is 457. The molecular formula is C11H10BrNO3. The molecule has 0 bridgehead atoms. The number of carbonyl (C=O) groups excluding carboxylic acids is 1. The Labute approximate surface area is 101 Å². The molecule has 0 unspecified atom stereocenters. The number of ether oxygens (including phenoxy) is 2. The maximum atomic E-state index is 10.8. The number of hydrogen-bond donors (Lipinski definition) is 1. The van der Waals surface area contributed by atoms with Crippen LogP contribution in [0.3, 0.4) is 0 Å². The van der Waals surface area contributed by atoms with Gasteiger partial charge in [-0.3, -0.25) is 4.79 Å². The number of carbonyl (C=O) groups is 1. The lowest BCUT2D eigenvalue weighted by molar-refractivity contribution is 0.111. The summed E-state index contributed by atoms with van der Waals surface area (Å²) < 4.78 is 11.4. The lowest BCUT2D eigenvalue weighted by atomic mass is 10.1. The molecule has 0 aromatic heterocycles. The van der Waals surface area contributed by atoms with Crippen LogP contribution in [0.4, 0.5) is 0 Å². The molecule has 0 saturated carbocycles. The van der Waals surface area contributed by atoms with Gasteiger partial charge in [0.15, 0.2) is 17.8 Å². The minimum atomic E-state index is 0.135. The topological polar surface area (TPSA) is 61.6 Å². The van der Waals surface area contributed by atoms with Gasteiger partial charge >= 0.3 is 0 Å². The Morgan fingerprint density at radius 2 is 2.19 bits per heavy atom. The first-order chi connectivity index (χ1) is 7.77. The van der Waals surface area contributed by atoms with E-state index in [2.05, 4.69) is 15.9 Å². The van der Waals surface area contributed by atoms with Crippen molar-refractivity contribution in [3.63, 3.8) is 0 Å². The number of rotatable bonds is 3. The second-order valence-corrected chi connectivity index (χ2v) is 4.04. The molecule has 1 heterocycles. The van der Waals surface area contributed by atoms with Crippen molar-refractivity contribution < 1.29 is 14.3 Å². The number of nitrogens with two attached hydrogens (primary N) is 1. The minimum absolute atomic E-state index is 0.135. The lowest BCUT2D eigenvalue weighted by Crippen LogP contribution is -1.94. The van der Waals surface area contributed by atoms with Crippen LogP contribution in [-0.4, -0.2) is 19.6 Å². The smallest absolute Gasteiger partial charge is 0.231 e. The van der Waals surface area contributed by atoms with Crippen LogP contribution in [0.15, 0.2) is 16.6 Å². The molecule has 2 N–H and O–H groups in total. The van der Waals surface area contributed by atoms with Gasteiger partial charge in [-0.2, -0.15) is 0 Å². The molecule has 4 nitrogen and oxygen atoms in total.